The lowest BCUT2D eigenvalue weighted by Gasteiger charge is -2.23. The number of nitrogens with one attached hydrogen (secondary N) is 3. The van der Waals surface area contributed by atoms with Crippen molar-refractivity contribution >= 4 is 18.0 Å². The number of carboxylic acids is 1. The first-order valence-corrected chi connectivity index (χ1v) is 11.5. The van der Waals surface area contributed by atoms with Crippen molar-refractivity contribution in [2.75, 3.05) is 6.61 Å². The third-order valence-corrected chi connectivity index (χ3v) is 6.16. The van der Waals surface area contributed by atoms with Gasteiger partial charge in [-0.2, -0.15) is 0 Å². The predicted molar refractivity (Wildman–Crippen MR) is 129 cm³/mol. The van der Waals surface area contributed by atoms with E-state index >= 15 is 0 Å². The number of aromatic amines is 1. The normalized spacial score (nSPS) is 14.0. The summed E-state index contributed by atoms with van der Waals surface area (Å²) in [5, 5.41) is 14.5. The van der Waals surface area contributed by atoms with Crippen LogP contribution < -0.4 is 10.6 Å². The number of carbonyl (C=O) groups is 3. The van der Waals surface area contributed by atoms with E-state index in [0.29, 0.717) is 5.69 Å². The molecule has 182 valence electrons. The van der Waals surface area contributed by atoms with Crippen LogP contribution in [0.2, 0.25) is 0 Å². The average molecular weight is 477 g/mol. The van der Waals surface area contributed by atoms with Crippen LogP contribution in [0.3, 0.4) is 0 Å². The molecule has 0 unspecified atom stereocenters. The second-order valence-corrected chi connectivity index (χ2v) is 8.87. The standard InChI is InChI=1S/C26H28N4O5/c1-15(2)23(25(32)33)30-24(31)22(11-16-12-27-14-28-16)29-26(34)35-13-21-19-9-5-3-7-17(19)18-8-4-6-10-20(18)21/h3-10,12,14-15,21-23H,11,13H2,1-2H3,(H,27,28)(H,29,34)(H,30,31)(H,32,33)/t22-,23+/m1/s1. The van der Waals surface area contributed by atoms with E-state index in [4.69, 9.17) is 4.74 Å². The van der Waals surface area contributed by atoms with Crippen LogP contribution in [0.4, 0.5) is 4.79 Å². The maximum atomic E-state index is 12.9. The summed E-state index contributed by atoms with van der Waals surface area (Å²) in [7, 11) is 0. The fraction of sp³-hybridized carbons (Fsp3) is 0.308. The number of nitrogens with zero attached hydrogens (tertiary/aromatic N) is 1. The van der Waals surface area contributed by atoms with Gasteiger partial charge in [-0.15, -0.1) is 0 Å². The van der Waals surface area contributed by atoms with Gasteiger partial charge in [-0.1, -0.05) is 62.4 Å². The Bertz CT molecular complexity index is 1160. The lowest BCUT2D eigenvalue weighted by Crippen LogP contribution is -2.54. The number of carbonyl (C=O) groups excluding carboxylic acids is 2. The Morgan fingerprint density at radius 1 is 1.03 bits per heavy atom. The zero-order valence-electron chi connectivity index (χ0n) is 19.5. The van der Waals surface area contributed by atoms with E-state index < -0.39 is 30.1 Å². The van der Waals surface area contributed by atoms with Gasteiger partial charge in [0.15, 0.2) is 0 Å². The highest BCUT2D eigenvalue weighted by atomic mass is 16.5. The summed E-state index contributed by atoms with van der Waals surface area (Å²) >= 11 is 0. The monoisotopic (exact) mass is 476 g/mol. The van der Waals surface area contributed by atoms with E-state index in [0.717, 1.165) is 22.3 Å². The van der Waals surface area contributed by atoms with Crippen LogP contribution in [0.5, 0.6) is 0 Å². The van der Waals surface area contributed by atoms with E-state index in [1.165, 1.54) is 12.5 Å². The smallest absolute Gasteiger partial charge is 0.407 e. The fourth-order valence-corrected chi connectivity index (χ4v) is 4.38. The van der Waals surface area contributed by atoms with Gasteiger partial charge in [0.1, 0.15) is 18.7 Å². The first kappa shape index (κ1) is 24.0. The molecule has 0 spiro atoms. The van der Waals surface area contributed by atoms with Crippen LogP contribution in [0.15, 0.2) is 61.1 Å². The molecule has 0 bridgehead atoms. The zero-order chi connectivity index (χ0) is 24.9. The highest BCUT2D eigenvalue weighted by molar-refractivity contribution is 5.89. The SMILES string of the molecule is CC(C)[C@H](NC(=O)[C@@H](Cc1cnc[nH]1)NC(=O)OCC1c2ccccc2-c2ccccc21)C(=O)O. The average Bonchev–Trinajstić information content (AvgIpc) is 3.46. The molecular weight excluding hydrogens is 448 g/mol. The maximum Gasteiger partial charge on any atom is 0.407 e. The van der Waals surface area contributed by atoms with E-state index in [9.17, 15) is 19.5 Å². The Balaban J connectivity index is 1.45. The molecule has 0 aliphatic heterocycles. The van der Waals surface area contributed by atoms with E-state index in [-0.39, 0.29) is 24.9 Å². The zero-order valence-corrected chi connectivity index (χ0v) is 19.5. The van der Waals surface area contributed by atoms with Gasteiger partial charge in [0.25, 0.3) is 0 Å². The molecule has 4 N–H and O–H groups in total. The Morgan fingerprint density at radius 3 is 2.20 bits per heavy atom. The first-order chi connectivity index (χ1) is 16.8. The van der Waals surface area contributed by atoms with Gasteiger partial charge in [0.05, 0.1) is 6.33 Å². The van der Waals surface area contributed by atoms with Crippen molar-refractivity contribution in [1.82, 2.24) is 20.6 Å². The molecule has 4 rings (SSSR count). The molecule has 2 amide bonds. The van der Waals surface area contributed by atoms with Gasteiger partial charge in [-0.05, 0) is 28.2 Å². The number of carboxylic acid groups (broad SMARTS) is 1. The number of fused-ring (bicyclic) bond motifs is 3. The number of benzene rings is 2. The molecule has 1 heterocycles. The molecule has 0 saturated heterocycles. The number of aliphatic carboxylic acids is 1. The van der Waals surface area contributed by atoms with Crippen molar-refractivity contribution in [2.45, 2.75) is 38.3 Å². The van der Waals surface area contributed by atoms with Crippen molar-refractivity contribution < 1.29 is 24.2 Å². The number of imidazole rings is 1. The molecular formula is C26H28N4O5. The highest BCUT2D eigenvalue weighted by Gasteiger charge is 2.31. The summed E-state index contributed by atoms with van der Waals surface area (Å²) in [6.07, 6.45) is 2.34. The van der Waals surface area contributed by atoms with Gasteiger partial charge in [-0.25, -0.2) is 14.6 Å². The van der Waals surface area contributed by atoms with Gasteiger partial charge < -0.3 is 25.5 Å². The molecule has 35 heavy (non-hydrogen) atoms. The molecule has 2 aromatic carbocycles. The second-order valence-electron chi connectivity index (χ2n) is 8.87. The minimum Gasteiger partial charge on any atom is -0.480 e. The van der Waals surface area contributed by atoms with Crippen LogP contribution in [-0.2, 0) is 20.7 Å². The molecule has 0 saturated carbocycles. The van der Waals surface area contributed by atoms with Crippen molar-refractivity contribution in [2.24, 2.45) is 5.92 Å². The number of ether oxygens (including phenoxy) is 1. The molecule has 1 aliphatic rings. The Hall–Kier alpha value is -4.14. The summed E-state index contributed by atoms with van der Waals surface area (Å²) in [6.45, 7) is 3.49. The highest BCUT2D eigenvalue weighted by Crippen LogP contribution is 2.44. The number of rotatable bonds is 9. The number of hydrogen-bond donors (Lipinski definition) is 4. The molecule has 1 aromatic heterocycles. The van der Waals surface area contributed by atoms with Crippen molar-refractivity contribution in [3.8, 4) is 11.1 Å². The maximum absolute atomic E-state index is 12.9. The third kappa shape index (κ3) is 5.34. The van der Waals surface area contributed by atoms with Gasteiger partial charge >= 0.3 is 12.1 Å². The Labute approximate surface area is 202 Å². The van der Waals surface area contributed by atoms with Gasteiger partial charge in [-0.3, -0.25) is 4.79 Å². The van der Waals surface area contributed by atoms with Crippen LogP contribution in [0.25, 0.3) is 11.1 Å². The Kier molecular flexibility index (Phi) is 7.14. The molecule has 0 fully saturated rings. The molecule has 0 radical (unpaired) electrons. The largest absolute Gasteiger partial charge is 0.480 e. The van der Waals surface area contributed by atoms with Crippen LogP contribution in [0, 0.1) is 5.92 Å². The summed E-state index contributed by atoms with van der Waals surface area (Å²) in [5.74, 6) is -2.21. The quantitative estimate of drug-likeness (QED) is 0.375. The molecule has 2 atom stereocenters. The van der Waals surface area contributed by atoms with E-state index in [1.807, 2.05) is 48.5 Å². The van der Waals surface area contributed by atoms with Gasteiger partial charge in [0.2, 0.25) is 5.91 Å². The van der Waals surface area contributed by atoms with Crippen LogP contribution >= 0.6 is 0 Å². The van der Waals surface area contributed by atoms with Crippen molar-refractivity contribution in [3.63, 3.8) is 0 Å². The van der Waals surface area contributed by atoms with Crippen molar-refractivity contribution in [3.05, 3.63) is 77.9 Å². The lowest BCUT2D eigenvalue weighted by atomic mass is 9.98. The predicted octanol–water partition coefficient (Wildman–Crippen LogP) is 3.08. The minimum atomic E-state index is -1.14. The lowest BCUT2D eigenvalue weighted by molar-refractivity contribution is -0.143. The first-order valence-electron chi connectivity index (χ1n) is 11.5. The molecule has 3 aromatic rings. The summed E-state index contributed by atoms with van der Waals surface area (Å²) in [6, 6.07) is 13.9. The number of aromatic nitrogens is 2. The van der Waals surface area contributed by atoms with E-state index in [2.05, 4.69) is 20.6 Å². The van der Waals surface area contributed by atoms with Gasteiger partial charge in [0, 0.05) is 24.2 Å². The van der Waals surface area contributed by atoms with Crippen molar-refractivity contribution in [1.29, 1.82) is 0 Å². The summed E-state index contributed by atoms with van der Waals surface area (Å²) in [5.41, 5.74) is 4.99. The number of alkyl carbamates (subject to hydrolysis) is 1. The molecule has 1 aliphatic carbocycles. The van der Waals surface area contributed by atoms with Crippen LogP contribution in [0.1, 0.15) is 36.6 Å². The number of H-pyrrole nitrogens is 1. The molecule has 9 heteroatoms. The third-order valence-electron chi connectivity index (χ3n) is 6.16. The Morgan fingerprint density at radius 2 is 1.66 bits per heavy atom. The minimum absolute atomic E-state index is 0.0977. The topological polar surface area (TPSA) is 133 Å². The fourth-order valence-electron chi connectivity index (χ4n) is 4.38. The van der Waals surface area contributed by atoms with E-state index in [1.54, 1.807) is 13.8 Å². The second kappa shape index (κ2) is 10.4. The number of hydrogen-bond acceptors (Lipinski definition) is 5. The number of amides is 2. The summed E-state index contributed by atoms with van der Waals surface area (Å²) < 4.78 is 5.57. The summed E-state index contributed by atoms with van der Waals surface area (Å²) in [4.78, 5) is 44.1. The van der Waals surface area contributed by atoms with Crippen LogP contribution in [-0.4, -0.2) is 51.7 Å². The molecule has 9 nitrogen and oxygen atoms in total.